The highest BCUT2D eigenvalue weighted by molar-refractivity contribution is 5.99. The second kappa shape index (κ2) is 38.7. The highest BCUT2D eigenvalue weighted by Crippen LogP contribution is 2.24. The van der Waals surface area contributed by atoms with E-state index in [1.54, 1.807) is 60.7 Å². The molecule has 0 bridgehead atoms. The van der Waals surface area contributed by atoms with Crippen LogP contribution in [0.25, 0.3) is 0 Å². The van der Waals surface area contributed by atoms with Gasteiger partial charge in [0.1, 0.15) is 54.4 Å². The molecule has 0 rings (SSSR count). The number of allylic oxidation sites excluding steroid dienone is 2. The van der Waals surface area contributed by atoms with E-state index in [0.29, 0.717) is 0 Å². The Morgan fingerprint density at radius 2 is 0.846 bits per heavy atom. The van der Waals surface area contributed by atoms with Crippen LogP contribution in [-0.2, 0) is 57.5 Å². The molecule has 10 amide bonds. The monoisotopic (exact) mass is 1290 g/mol. The van der Waals surface area contributed by atoms with Crippen molar-refractivity contribution in [1.82, 2.24) is 56.4 Å². The molecule has 0 heterocycles. The Kier molecular flexibility index (Phi) is 36.0. The van der Waals surface area contributed by atoms with Crippen molar-refractivity contribution in [2.24, 2.45) is 35.5 Å². The number of aliphatic carboxylic acids is 1. The first-order valence-electron chi connectivity index (χ1n) is 32.1. The Balaban J connectivity index is 6.93. The van der Waals surface area contributed by atoms with E-state index in [4.69, 9.17) is 4.74 Å². The van der Waals surface area contributed by atoms with E-state index in [2.05, 4.69) is 31.9 Å². The van der Waals surface area contributed by atoms with Gasteiger partial charge in [0.2, 0.25) is 59.1 Å². The Labute approximate surface area is 543 Å². The first-order chi connectivity index (χ1) is 41.7. The van der Waals surface area contributed by atoms with Gasteiger partial charge in [0.15, 0.2) is 6.04 Å². The molecule has 0 spiro atoms. The summed E-state index contributed by atoms with van der Waals surface area (Å²) in [6.45, 7) is 34.3. The molecule has 91 heavy (non-hydrogen) atoms. The summed E-state index contributed by atoms with van der Waals surface area (Å²) < 4.78 is 6.18. The van der Waals surface area contributed by atoms with Gasteiger partial charge in [-0.1, -0.05) is 88.3 Å². The smallest absolute Gasteiger partial charge is 0.328 e. The highest BCUT2D eigenvalue weighted by Gasteiger charge is 2.45. The number of carbonyl (C=O) groups is 11. The summed E-state index contributed by atoms with van der Waals surface area (Å²) in [4.78, 5) is 161. The predicted octanol–water partition coefficient (Wildman–Crippen LogP) is 2.67. The van der Waals surface area contributed by atoms with Crippen LogP contribution in [0.1, 0.15) is 171 Å². The van der Waals surface area contributed by atoms with Crippen LogP contribution in [0.4, 0.5) is 0 Å². The predicted molar refractivity (Wildman–Crippen MR) is 349 cm³/mol. The second-order valence-electron chi connectivity index (χ2n) is 27.7. The number of nitrogens with one attached hydrogen (secondary N) is 6. The fourth-order valence-electron chi connectivity index (χ4n) is 10.8. The largest absolute Gasteiger partial charge is 0.480 e. The lowest BCUT2D eigenvalue weighted by atomic mass is 9.91. The summed E-state index contributed by atoms with van der Waals surface area (Å²) >= 11 is 0. The van der Waals surface area contributed by atoms with Gasteiger partial charge in [-0.2, -0.15) is 0 Å². The molecular formula is C65H119N11O15. The number of likely N-dealkylation sites (N-methyl/N-ethyl adjacent to an activating group) is 6. The molecule has 0 aliphatic carbocycles. The molecule has 26 nitrogen and oxygen atoms in total. The first kappa shape index (κ1) is 84.8. The van der Waals surface area contributed by atoms with Crippen LogP contribution in [0.15, 0.2) is 12.2 Å². The molecule has 9 N–H and O–H groups in total. The number of rotatable bonds is 38. The molecule has 0 radical (unpaired) electrons. The minimum atomic E-state index is -1.78. The number of aliphatic hydroxyl groups excluding tert-OH is 2. The molecule has 2 unspecified atom stereocenters. The summed E-state index contributed by atoms with van der Waals surface area (Å²) in [6, 6.07) is -13.8. The van der Waals surface area contributed by atoms with Gasteiger partial charge in [-0.25, -0.2) is 4.79 Å². The minimum absolute atomic E-state index is 0.0798. The Morgan fingerprint density at radius 1 is 0.462 bits per heavy atom. The van der Waals surface area contributed by atoms with Crippen LogP contribution in [0, 0.1) is 35.5 Å². The van der Waals surface area contributed by atoms with Gasteiger partial charge in [0.05, 0.1) is 30.0 Å². The minimum Gasteiger partial charge on any atom is -0.480 e. The number of carboxylic acids is 1. The van der Waals surface area contributed by atoms with Crippen LogP contribution < -0.4 is 31.9 Å². The van der Waals surface area contributed by atoms with Crippen molar-refractivity contribution in [3.8, 4) is 0 Å². The lowest BCUT2D eigenvalue weighted by molar-refractivity contribution is -0.155. The molecule has 26 heteroatoms. The first-order valence-corrected chi connectivity index (χ1v) is 32.1. The van der Waals surface area contributed by atoms with E-state index in [0.717, 1.165) is 9.80 Å². The van der Waals surface area contributed by atoms with E-state index in [1.165, 1.54) is 70.7 Å². The number of carboxylic acid groups (broad SMARTS) is 1. The second-order valence-corrected chi connectivity index (χ2v) is 27.7. The van der Waals surface area contributed by atoms with Gasteiger partial charge in [-0.15, -0.1) is 0 Å². The van der Waals surface area contributed by atoms with Crippen LogP contribution in [0.2, 0.25) is 0 Å². The normalized spacial score (nSPS) is 17.0. The number of aliphatic hydroxyl groups is 2. The molecule has 0 aromatic rings. The van der Waals surface area contributed by atoms with E-state index in [9.17, 15) is 68.1 Å². The van der Waals surface area contributed by atoms with E-state index >= 15 is 0 Å². The number of hydrogen-bond acceptors (Lipinski definition) is 15. The Bertz CT molecular complexity index is 2450. The Hall–Kier alpha value is -6.25. The van der Waals surface area contributed by atoms with E-state index < -0.39 is 161 Å². The number of nitrogens with zero attached hydrogens (tertiary/aromatic N) is 5. The fourth-order valence-corrected chi connectivity index (χ4v) is 10.8. The Morgan fingerprint density at radius 3 is 1.25 bits per heavy atom. The topological polar surface area (TPSA) is 346 Å². The lowest BCUT2D eigenvalue weighted by Gasteiger charge is -2.40. The van der Waals surface area contributed by atoms with Gasteiger partial charge in [0.25, 0.3) is 0 Å². The number of carbonyl (C=O) groups excluding carboxylic acids is 10. The van der Waals surface area contributed by atoms with Crippen molar-refractivity contribution in [2.75, 3.05) is 42.3 Å². The van der Waals surface area contributed by atoms with Crippen molar-refractivity contribution in [3.05, 3.63) is 12.2 Å². The molecule has 0 aromatic carbocycles. The third-order valence-corrected chi connectivity index (χ3v) is 15.9. The maximum atomic E-state index is 14.8. The number of ether oxygens (including phenoxy) is 1. The van der Waals surface area contributed by atoms with Crippen LogP contribution >= 0.6 is 0 Å². The van der Waals surface area contributed by atoms with Gasteiger partial charge in [-0.3, -0.25) is 47.9 Å². The van der Waals surface area contributed by atoms with Crippen molar-refractivity contribution in [2.45, 2.75) is 261 Å². The third kappa shape index (κ3) is 26.7. The summed E-state index contributed by atoms with van der Waals surface area (Å²) in [5, 5.41) is 47.8. The van der Waals surface area contributed by atoms with Crippen LogP contribution in [0.3, 0.4) is 0 Å². The zero-order valence-corrected chi connectivity index (χ0v) is 59.7. The molecule has 15 atom stereocenters. The molecule has 0 aromatic heterocycles. The van der Waals surface area contributed by atoms with Gasteiger partial charge >= 0.3 is 5.97 Å². The fraction of sp³-hybridized carbons (Fsp3) is 0.800. The quantitative estimate of drug-likeness (QED) is 0.0401. The highest BCUT2D eigenvalue weighted by atomic mass is 16.5. The van der Waals surface area contributed by atoms with Crippen LogP contribution in [0.5, 0.6) is 0 Å². The maximum absolute atomic E-state index is 14.8. The summed E-state index contributed by atoms with van der Waals surface area (Å²) in [5.74, 6) is -10.4. The molecule has 0 aliphatic rings. The summed E-state index contributed by atoms with van der Waals surface area (Å²) in [5.41, 5.74) is -0.696. The molecule has 524 valence electrons. The van der Waals surface area contributed by atoms with Gasteiger partial charge < -0.3 is 76.5 Å². The maximum Gasteiger partial charge on any atom is 0.328 e. The number of hydrogen-bond donors (Lipinski definition) is 9. The van der Waals surface area contributed by atoms with Crippen molar-refractivity contribution < 1.29 is 72.8 Å². The zero-order chi connectivity index (χ0) is 71.2. The molecule has 0 saturated carbocycles. The lowest BCUT2D eigenvalue weighted by Crippen LogP contribution is -2.63. The zero-order valence-electron chi connectivity index (χ0n) is 59.7. The van der Waals surface area contributed by atoms with Gasteiger partial charge in [-0.05, 0) is 137 Å². The summed E-state index contributed by atoms with van der Waals surface area (Å²) in [7, 11) is 8.57. The van der Waals surface area contributed by atoms with Crippen molar-refractivity contribution >= 4 is 65.0 Å². The SMILES string of the molecule is C/C=C/C[C@@H](C)[C@@H](O)[C@@H](C(=O)N[C@H](C(=O)O)[C@@H](C)O)N(C)C(=O)[C@H](C(C)C)N(C)C(=O)[C@H](CC(C)C)NC(=O)[C@H](CC(C)C)N(C)C(=O)[C@@H](C)NC(=O)[C@H](C)NC(=O)[C@H](CC(C)C)N(C)C(=O)[C@H](CC(C)C)NC(=O)C(C(C)OC(C)(C)C)N(C)C(=O)[C@@H](C)NC. The van der Waals surface area contributed by atoms with E-state index in [-0.39, 0.29) is 61.7 Å². The average Bonchev–Trinajstić information content (AvgIpc) is 1.01. The standard InChI is InChI=1S/C65H119N11O15/c1-27-28-29-39(12)53(78)52(58(83)71-49(43(16)77)64(89)90)76(26)63(88)50(38(10)11)74(24)62(87)46(31-35(4)5)69-56(81)48(33-37(8)9)72(22)60(85)42(15)68-54(79)40(13)67-55(80)47(32-36(6)7)73(23)61(86)45(30-34(2)3)70-57(82)51(44(17)91-65(18,19)20)75(25)59(84)41(14)66-21/h27-28,34-53,66,77-78H,29-33H2,1-26H3,(H,67,80)(H,68,79)(H,69,81)(H,70,82)(H,71,83)(H,89,90)/b28-27+/t39-,40+,41-,42-,43-,44?,45+,46+,47+,48+,49+,50+,51?,52+,53-/m1/s1. The average molecular weight is 1290 g/mol. The van der Waals surface area contributed by atoms with Crippen LogP contribution in [-0.4, -0.2) is 238 Å². The third-order valence-electron chi connectivity index (χ3n) is 15.9. The molecule has 0 saturated heterocycles. The number of amides is 10. The van der Waals surface area contributed by atoms with Gasteiger partial charge in [0, 0.05) is 35.2 Å². The molecule has 0 fully saturated rings. The summed E-state index contributed by atoms with van der Waals surface area (Å²) in [6.07, 6.45) is 0.387. The van der Waals surface area contributed by atoms with Crippen molar-refractivity contribution in [1.29, 1.82) is 0 Å². The molecular weight excluding hydrogens is 1170 g/mol. The molecule has 0 aliphatic heterocycles. The van der Waals surface area contributed by atoms with Crippen molar-refractivity contribution in [3.63, 3.8) is 0 Å². The van der Waals surface area contributed by atoms with E-state index in [1.807, 2.05) is 76.2 Å².